The van der Waals surface area contributed by atoms with Crippen LogP contribution in [-0.4, -0.2) is 11.9 Å². The minimum atomic E-state index is -0.000000000000000222. The summed E-state index contributed by atoms with van der Waals surface area (Å²) in [6, 6.07) is 6.01. The molecule has 2 saturated carbocycles. The highest BCUT2D eigenvalue weighted by molar-refractivity contribution is 5.99. The van der Waals surface area contributed by atoms with E-state index < -0.39 is 0 Å². The second kappa shape index (κ2) is 4.30. The molecule has 3 rings (SSSR count). The van der Waals surface area contributed by atoms with Crippen LogP contribution >= 0.6 is 0 Å². The van der Waals surface area contributed by atoms with E-state index in [1.165, 1.54) is 25.7 Å². The van der Waals surface area contributed by atoms with Gasteiger partial charge in [-0.25, -0.2) is 0 Å². The lowest BCUT2D eigenvalue weighted by molar-refractivity contribution is 0.0927. The lowest BCUT2D eigenvalue weighted by atomic mass is 10.0. The normalized spacial score (nSPS) is 19.0. The zero-order valence-corrected chi connectivity index (χ0v) is 10.8. The van der Waals surface area contributed by atoms with E-state index in [2.05, 4.69) is 5.32 Å². The zero-order chi connectivity index (χ0) is 12.7. The van der Waals surface area contributed by atoms with Gasteiger partial charge in [-0.1, -0.05) is 11.6 Å². The van der Waals surface area contributed by atoms with Crippen LogP contribution in [0.5, 0.6) is 0 Å². The number of hydrogen-bond acceptors (Lipinski definition) is 2. The largest absolute Gasteiger partial charge is 0.398 e. The van der Waals surface area contributed by atoms with E-state index in [0.29, 0.717) is 29.1 Å². The summed E-state index contributed by atoms with van der Waals surface area (Å²) in [6.45, 7) is 1.98. The van der Waals surface area contributed by atoms with Gasteiger partial charge in [0.15, 0.2) is 0 Å². The molecule has 0 unspecified atom stereocenters. The summed E-state index contributed by atoms with van der Waals surface area (Å²) in [6.07, 6.45) is 5.07. The minimum absolute atomic E-state index is 0.000000000000000222. The Labute approximate surface area is 108 Å². The molecule has 1 aromatic carbocycles. The maximum atomic E-state index is 12.3. The highest BCUT2D eigenvalue weighted by Crippen LogP contribution is 2.44. The Morgan fingerprint density at radius 1 is 1.28 bits per heavy atom. The van der Waals surface area contributed by atoms with Crippen LogP contribution in [-0.2, 0) is 0 Å². The molecule has 2 fully saturated rings. The number of amides is 1. The number of benzene rings is 1. The van der Waals surface area contributed by atoms with E-state index in [-0.39, 0.29) is 5.91 Å². The molecular weight excluding hydrogens is 224 g/mol. The molecule has 2 aliphatic rings. The molecule has 96 valence electrons. The van der Waals surface area contributed by atoms with Crippen LogP contribution in [0.15, 0.2) is 18.2 Å². The number of carbonyl (C=O) groups excluding carboxylic acids is 1. The van der Waals surface area contributed by atoms with E-state index >= 15 is 0 Å². The first-order valence-corrected chi connectivity index (χ1v) is 6.82. The van der Waals surface area contributed by atoms with Gasteiger partial charge < -0.3 is 11.1 Å². The number of nitrogens with one attached hydrogen (secondary N) is 1. The average Bonchev–Trinajstić information content (AvgIpc) is 3.21. The van der Waals surface area contributed by atoms with Crippen molar-refractivity contribution in [1.29, 1.82) is 0 Å². The third-order valence-electron chi connectivity index (χ3n) is 4.01. The van der Waals surface area contributed by atoms with Crippen LogP contribution in [0.25, 0.3) is 0 Å². The number of carbonyl (C=O) groups is 1. The second-order valence-corrected chi connectivity index (χ2v) is 5.76. The van der Waals surface area contributed by atoms with Gasteiger partial charge in [0.25, 0.3) is 5.91 Å². The molecule has 1 aromatic rings. The maximum absolute atomic E-state index is 12.3. The van der Waals surface area contributed by atoms with Gasteiger partial charge in [-0.15, -0.1) is 0 Å². The molecule has 0 aliphatic heterocycles. The summed E-state index contributed by atoms with van der Waals surface area (Å²) in [7, 11) is 0. The minimum Gasteiger partial charge on any atom is -0.398 e. The van der Waals surface area contributed by atoms with E-state index in [1.54, 1.807) is 0 Å². The molecule has 1 amide bonds. The summed E-state index contributed by atoms with van der Waals surface area (Å²) < 4.78 is 0. The molecular formula is C15H20N2O. The van der Waals surface area contributed by atoms with Crippen molar-refractivity contribution in [3.05, 3.63) is 29.3 Å². The van der Waals surface area contributed by atoms with Crippen LogP contribution in [0.1, 0.15) is 41.6 Å². The van der Waals surface area contributed by atoms with Crippen LogP contribution < -0.4 is 11.1 Å². The van der Waals surface area contributed by atoms with Crippen molar-refractivity contribution in [2.75, 3.05) is 5.73 Å². The lowest BCUT2D eigenvalue weighted by Gasteiger charge is -2.18. The van der Waals surface area contributed by atoms with Gasteiger partial charge in [-0.05, 0) is 56.6 Å². The first-order chi connectivity index (χ1) is 8.65. The molecule has 0 heterocycles. The zero-order valence-electron chi connectivity index (χ0n) is 10.8. The standard InChI is InChI=1S/C15H20N2O/c1-9-2-7-13(16)12(8-9)15(18)17-14(10-3-4-10)11-5-6-11/h2,7-8,10-11,14H,3-6,16H2,1H3,(H,17,18). The highest BCUT2D eigenvalue weighted by Gasteiger charge is 2.42. The Balaban J connectivity index is 1.75. The molecule has 0 radical (unpaired) electrons. The summed E-state index contributed by atoms with van der Waals surface area (Å²) >= 11 is 0. The first kappa shape index (κ1) is 11.6. The molecule has 0 bridgehead atoms. The van der Waals surface area contributed by atoms with Crippen molar-refractivity contribution in [2.24, 2.45) is 11.8 Å². The maximum Gasteiger partial charge on any atom is 0.253 e. The Hall–Kier alpha value is -1.51. The van der Waals surface area contributed by atoms with Gasteiger partial charge >= 0.3 is 0 Å². The Morgan fingerprint density at radius 2 is 1.89 bits per heavy atom. The van der Waals surface area contributed by atoms with Crippen molar-refractivity contribution in [3.8, 4) is 0 Å². The van der Waals surface area contributed by atoms with E-state index in [1.807, 2.05) is 25.1 Å². The van der Waals surface area contributed by atoms with Crippen LogP contribution in [0, 0.1) is 18.8 Å². The fraction of sp³-hybridized carbons (Fsp3) is 0.533. The lowest BCUT2D eigenvalue weighted by Crippen LogP contribution is -2.38. The summed E-state index contributed by atoms with van der Waals surface area (Å²) in [5, 5.41) is 3.21. The second-order valence-electron chi connectivity index (χ2n) is 5.76. The van der Waals surface area contributed by atoms with Crippen molar-refractivity contribution < 1.29 is 4.79 Å². The van der Waals surface area contributed by atoms with Crippen LogP contribution in [0.2, 0.25) is 0 Å². The molecule has 0 saturated heterocycles. The third kappa shape index (κ3) is 2.35. The number of nitrogen functional groups attached to an aromatic ring is 1. The molecule has 0 spiro atoms. The van der Waals surface area contributed by atoms with Crippen molar-refractivity contribution >= 4 is 11.6 Å². The van der Waals surface area contributed by atoms with Crippen LogP contribution in [0.3, 0.4) is 0 Å². The van der Waals surface area contributed by atoms with E-state index in [9.17, 15) is 4.79 Å². The number of hydrogen-bond donors (Lipinski definition) is 2. The van der Waals surface area contributed by atoms with Gasteiger partial charge in [0.2, 0.25) is 0 Å². The Bertz CT molecular complexity index is 463. The smallest absolute Gasteiger partial charge is 0.253 e. The van der Waals surface area contributed by atoms with Crippen molar-refractivity contribution in [2.45, 2.75) is 38.6 Å². The third-order valence-corrected chi connectivity index (χ3v) is 4.01. The fourth-order valence-electron chi connectivity index (χ4n) is 2.63. The first-order valence-electron chi connectivity index (χ1n) is 6.82. The monoisotopic (exact) mass is 244 g/mol. The predicted octanol–water partition coefficient (Wildman–Crippen LogP) is 2.50. The number of anilines is 1. The fourth-order valence-corrected chi connectivity index (χ4v) is 2.63. The van der Waals surface area contributed by atoms with Gasteiger partial charge in [-0.3, -0.25) is 4.79 Å². The number of aryl methyl sites for hydroxylation is 1. The summed E-state index contributed by atoms with van der Waals surface area (Å²) in [5.74, 6) is 1.43. The van der Waals surface area contributed by atoms with Crippen molar-refractivity contribution in [1.82, 2.24) is 5.32 Å². The van der Waals surface area contributed by atoms with E-state index in [0.717, 1.165) is 5.56 Å². The molecule has 3 nitrogen and oxygen atoms in total. The van der Waals surface area contributed by atoms with Gasteiger partial charge in [0.05, 0.1) is 5.56 Å². The van der Waals surface area contributed by atoms with Crippen molar-refractivity contribution in [3.63, 3.8) is 0 Å². The van der Waals surface area contributed by atoms with Gasteiger partial charge in [0, 0.05) is 11.7 Å². The quantitative estimate of drug-likeness (QED) is 0.799. The SMILES string of the molecule is Cc1ccc(N)c(C(=O)NC(C2CC2)C2CC2)c1. The predicted molar refractivity (Wildman–Crippen MR) is 72.3 cm³/mol. The molecule has 3 N–H and O–H groups in total. The summed E-state index contributed by atoms with van der Waals surface area (Å²) in [5.41, 5.74) is 8.16. The van der Waals surface area contributed by atoms with Gasteiger partial charge in [0.1, 0.15) is 0 Å². The summed E-state index contributed by atoms with van der Waals surface area (Å²) in [4.78, 5) is 12.3. The van der Waals surface area contributed by atoms with Crippen LogP contribution in [0.4, 0.5) is 5.69 Å². The molecule has 18 heavy (non-hydrogen) atoms. The molecule has 3 heteroatoms. The Morgan fingerprint density at radius 3 is 2.44 bits per heavy atom. The highest BCUT2D eigenvalue weighted by atomic mass is 16.1. The number of nitrogens with two attached hydrogens (primary N) is 1. The topological polar surface area (TPSA) is 55.1 Å². The molecule has 2 aliphatic carbocycles. The molecule has 0 aromatic heterocycles. The Kier molecular flexibility index (Phi) is 2.77. The van der Waals surface area contributed by atoms with E-state index in [4.69, 9.17) is 5.73 Å². The number of rotatable bonds is 4. The molecule has 0 atom stereocenters. The average molecular weight is 244 g/mol. The van der Waals surface area contributed by atoms with Gasteiger partial charge in [-0.2, -0.15) is 0 Å².